The molecule has 0 saturated heterocycles. The lowest BCUT2D eigenvalue weighted by molar-refractivity contribution is 0.0635. The number of hydrogen-bond donors (Lipinski definition) is 1. The van der Waals surface area contributed by atoms with Crippen molar-refractivity contribution in [3.8, 4) is 5.75 Å². The van der Waals surface area contributed by atoms with Crippen LogP contribution in [0.15, 0.2) is 18.5 Å². The van der Waals surface area contributed by atoms with E-state index in [0.29, 0.717) is 11.4 Å². The van der Waals surface area contributed by atoms with E-state index in [9.17, 15) is 4.79 Å². The van der Waals surface area contributed by atoms with Gasteiger partial charge in [0, 0.05) is 12.3 Å². The second-order valence-corrected chi connectivity index (χ2v) is 4.52. The number of hydrogen-bond acceptors (Lipinski definition) is 4. The average molecular weight is 336 g/mol. The van der Waals surface area contributed by atoms with E-state index >= 15 is 0 Å². The van der Waals surface area contributed by atoms with Gasteiger partial charge in [0.15, 0.2) is 28.8 Å². The van der Waals surface area contributed by atoms with Crippen molar-refractivity contribution in [1.82, 2.24) is 4.98 Å². The summed E-state index contributed by atoms with van der Waals surface area (Å²) in [7, 11) is 0. The Labute approximate surface area is 108 Å². The summed E-state index contributed by atoms with van der Waals surface area (Å²) >= 11 is 1.73. The van der Waals surface area contributed by atoms with Crippen molar-refractivity contribution in [2.24, 2.45) is 0 Å². The minimum Gasteiger partial charge on any atom is -0.444 e. The quantitative estimate of drug-likeness (QED) is 0.843. The standard InChI is InChI=1S/C10H13IN2O3/c1-10(2,3)15-9(14)13-7-6-12-5-4-8(7)16-11/h4-6H,1-3H3,(H,13,14). The highest BCUT2D eigenvalue weighted by Gasteiger charge is 2.17. The van der Waals surface area contributed by atoms with Crippen LogP contribution in [0.25, 0.3) is 0 Å². The van der Waals surface area contributed by atoms with Crippen LogP contribution in [0.2, 0.25) is 0 Å². The van der Waals surface area contributed by atoms with Gasteiger partial charge in [-0.2, -0.15) is 0 Å². The van der Waals surface area contributed by atoms with Gasteiger partial charge in [0.05, 0.1) is 6.20 Å². The number of anilines is 1. The molecule has 0 saturated carbocycles. The first-order valence-electron chi connectivity index (χ1n) is 4.65. The molecule has 5 nitrogen and oxygen atoms in total. The molecular formula is C10H13IN2O3. The average Bonchev–Trinajstić information content (AvgIpc) is 2.15. The Morgan fingerprint density at radius 2 is 2.19 bits per heavy atom. The number of pyridine rings is 1. The number of aromatic nitrogens is 1. The predicted octanol–water partition coefficient (Wildman–Crippen LogP) is 3.16. The maximum atomic E-state index is 11.5. The second-order valence-electron chi connectivity index (χ2n) is 4.08. The number of carbonyl (C=O) groups is 1. The molecule has 1 amide bonds. The van der Waals surface area contributed by atoms with Crippen LogP contribution in [-0.4, -0.2) is 16.7 Å². The van der Waals surface area contributed by atoms with Crippen molar-refractivity contribution in [3.05, 3.63) is 18.5 Å². The van der Waals surface area contributed by atoms with Crippen molar-refractivity contribution < 1.29 is 12.6 Å². The minimum absolute atomic E-state index is 0.478. The Balaban J connectivity index is 2.70. The molecule has 1 aromatic rings. The van der Waals surface area contributed by atoms with Crippen LogP contribution in [0.5, 0.6) is 5.75 Å². The van der Waals surface area contributed by atoms with Gasteiger partial charge in [-0.15, -0.1) is 0 Å². The fraction of sp³-hybridized carbons (Fsp3) is 0.400. The molecule has 0 bridgehead atoms. The van der Waals surface area contributed by atoms with Gasteiger partial charge in [-0.25, -0.2) is 4.79 Å². The molecule has 16 heavy (non-hydrogen) atoms. The third-order valence-electron chi connectivity index (χ3n) is 1.50. The highest BCUT2D eigenvalue weighted by Crippen LogP contribution is 2.24. The molecule has 0 unspecified atom stereocenters. The number of ether oxygens (including phenoxy) is 1. The van der Waals surface area contributed by atoms with Crippen molar-refractivity contribution in [2.45, 2.75) is 26.4 Å². The Bertz CT molecular complexity index is 377. The van der Waals surface area contributed by atoms with Crippen LogP contribution >= 0.6 is 23.0 Å². The largest absolute Gasteiger partial charge is 0.444 e. The van der Waals surface area contributed by atoms with Crippen molar-refractivity contribution in [1.29, 1.82) is 0 Å². The zero-order valence-electron chi connectivity index (χ0n) is 9.28. The molecule has 0 aliphatic rings. The lowest BCUT2D eigenvalue weighted by Gasteiger charge is -2.19. The van der Waals surface area contributed by atoms with Gasteiger partial charge in [-0.1, -0.05) is 0 Å². The van der Waals surface area contributed by atoms with Gasteiger partial charge in [-0.3, -0.25) is 10.3 Å². The van der Waals surface area contributed by atoms with Gasteiger partial charge < -0.3 is 7.80 Å². The van der Waals surface area contributed by atoms with Crippen LogP contribution in [0.4, 0.5) is 10.5 Å². The molecule has 88 valence electrons. The number of nitrogens with zero attached hydrogens (tertiary/aromatic N) is 1. The van der Waals surface area contributed by atoms with E-state index in [-0.39, 0.29) is 0 Å². The molecule has 1 heterocycles. The van der Waals surface area contributed by atoms with E-state index in [1.165, 1.54) is 6.20 Å². The van der Waals surface area contributed by atoms with E-state index < -0.39 is 11.7 Å². The molecule has 0 aliphatic carbocycles. The van der Waals surface area contributed by atoms with Gasteiger partial charge in [-0.05, 0) is 20.8 Å². The normalized spacial score (nSPS) is 10.8. The summed E-state index contributed by atoms with van der Waals surface area (Å²) in [5.74, 6) is 0.529. The fourth-order valence-corrected chi connectivity index (χ4v) is 1.34. The van der Waals surface area contributed by atoms with Crippen LogP contribution in [-0.2, 0) is 4.74 Å². The summed E-state index contributed by atoms with van der Waals surface area (Å²) in [5, 5.41) is 2.56. The minimum atomic E-state index is -0.532. The fourth-order valence-electron chi connectivity index (χ4n) is 0.956. The Morgan fingerprint density at radius 3 is 2.75 bits per heavy atom. The molecule has 0 fully saturated rings. The first kappa shape index (κ1) is 13.0. The molecular weight excluding hydrogens is 323 g/mol. The molecule has 0 atom stereocenters. The Morgan fingerprint density at radius 1 is 1.50 bits per heavy atom. The molecule has 0 aliphatic heterocycles. The van der Waals surface area contributed by atoms with Gasteiger partial charge >= 0.3 is 6.09 Å². The van der Waals surface area contributed by atoms with Crippen molar-refractivity contribution in [2.75, 3.05) is 5.32 Å². The van der Waals surface area contributed by atoms with E-state index in [1.807, 2.05) is 0 Å². The highest BCUT2D eigenvalue weighted by atomic mass is 127. The Kier molecular flexibility index (Phi) is 4.34. The summed E-state index contributed by atoms with van der Waals surface area (Å²) in [6.45, 7) is 5.39. The van der Waals surface area contributed by atoms with E-state index in [0.717, 1.165) is 0 Å². The zero-order chi connectivity index (χ0) is 12.2. The maximum absolute atomic E-state index is 11.5. The predicted molar refractivity (Wildman–Crippen MR) is 68.7 cm³/mol. The van der Waals surface area contributed by atoms with Crippen LogP contribution in [0.1, 0.15) is 20.8 Å². The van der Waals surface area contributed by atoms with Crippen LogP contribution in [0.3, 0.4) is 0 Å². The van der Waals surface area contributed by atoms with Gasteiger partial charge in [0.25, 0.3) is 0 Å². The molecule has 0 radical (unpaired) electrons. The van der Waals surface area contributed by atoms with E-state index in [1.54, 1.807) is 56.0 Å². The summed E-state index contributed by atoms with van der Waals surface area (Å²) in [4.78, 5) is 15.4. The molecule has 1 aromatic heterocycles. The smallest absolute Gasteiger partial charge is 0.412 e. The second kappa shape index (κ2) is 5.33. The van der Waals surface area contributed by atoms with Gasteiger partial charge in [0.1, 0.15) is 11.3 Å². The summed E-state index contributed by atoms with van der Waals surface area (Å²) < 4.78 is 10.1. The number of nitrogens with one attached hydrogen (secondary N) is 1. The summed E-state index contributed by atoms with van der Waals surface area (Å²) in [6, 6.07) is 1.65. The topological polar surface area (TPSA) is 60.5 Å². The molecule has 1 rings (SSSR count). The third kappa shape index (κ3) is 4.21. The first-order valence-corrected chi connectivity index (χ1v) is 5.53. The SMILES string of the molecule is CC(C)(C)OC(=O)Nc1cnccc1OI. The maximum Gasteiger partial charge on any atom is 0.412 e. The van der Waals surface area contributed by atoms with Crippen molar-refractivity contribution in [3.63, 3.8) is 0 Å². The number of halogens is 1. The third-order valence-corrected chi connectivity index (χ3v) is 1.97. The summed E-state index contributed by atoms with van der Waals surface area (Å²) in [6.07, 6.45) is 2.54. The highest BCUT2D eigenvalue weighted by molar-refractivity contribution is 14.1. The van der Waals surface area contributed by atoms with E-state index in [2.05, 4.69) is 10.3 Å². The molecule has 0 spiro atoms. The number of carbonyl (C=O) groups excluding carboxylic acids is 1. The lowest BCUT2D eigenvalue weighted by atomic mass is 10.2. The summed E-state index contributed by atoms with van der Waals surface area (Å²) in [5.41, 5.74) is -0.0522. The van der Waals surface area contributed by atoms with Gasteiger partial charge in [0.2, 0.25) is 0 Å². The monoisotopic (exact) mass is 336 g/mol. The Hall–Kier alpha value is -1.05. The lowest BCUT2D eigenvalue weighted by Crippen LogP contribution is -2.27. The molecule has 1 N–H and O–H groups in total. The van der Waals surface area contributed by atoms with Crippen LogP contribution in [0, 0.1) is 0 Å². The van der Waals surface area contributed by atoms with E-state index in [4.69, 9.17) is 7.80 Å². The molecule has 6 heteroatoms. The number of amides is 1. The van der Waals surface area contributed by atoms with Crippen LogP contribution < -0.4 is 8.38 Å². The number of rotatable bonds is 2. The molecule has 0 aromatic carbocycles. The van der Waals surface area contributed by atoms with Crippen molar-refractivity contribution >= 4 is 34.8 Å². The first-order chi connectivity index (χ1) is 7.42. The zero-order valence-corrected chi connectivity index (χ0v) is 11.4.